The van der Waals surface area contributed by atoms with Gasteiger partial charge in [0, 0.05) is 14.7 Å². The summed E-state index contributed by atoms with van der Waals surface area (Å²) < 4.78 is 21.6. The second-order valence-corrected chi connectivity index (χ2v) is 8.06. The third-order valence-electron chi connectivity index (χ3n) is 3.89. The van der Waals surface area contributed by atoms with E-state index in [-0.39, 0.29) is 24.5 Å². The van der Waals surface area contributed by atoms with Gasteiger partial charge in [0.2, 0.25) is 0 Å². The van der Waals surface area contributed by atoms with Crippen LogP contribution in [-0.4, -0.2) is 32.2 Å². The molecule has 152 valence electrons. The molecule has 0 radical (unpaired) electrons. The molecule has 0 bridgehead atoms. The second kappa shape index (κ2) is 9.84. The largest absolute Gasteiger partial charge is 0.524 e. The lowest BCUT2D eigenvalue weighted by molar-refractivity contribution is 0.254. The van der Waals surface area contributed by atoms with Crippen LogP contribution in [0.1, 0.15) is 27.8 Å². The van der Waals surface area contributed by atoms with Gasteiger partial charge in [0.25, 0.3) is 0 Å². The molecule has 2 aromatic rings. The van der Waals surface area contributed by atoms with Gasteiger partial charge >= 0.3 is 7.82 Å². The van der Waals surface area contributed by atoms with Crippen molar-refractivity contribution >= 4 is 42.6 Å². The fraction of sp³-hybridized carbons (Fsp3) is 0.222. The fourth-order valence-corrected chi connectivity index (χ4v) is 3.64. The van der Waals surface area contributed by atoms with Crippen LogP contribution in [0.4, 0.5) is 0 Å². The summed E-state index contributed by atoms with van der Waals surface area (Å²) in [5, 5.41) is 28.5. The zero-order valence-corrected chi connectivity index (χ0v) is 17.9. The van der Waals surface area contributed by atoms with Crippen LogP contribution in [0.15, 0.2) is 24.3 Å². The van der Waals surface area contributed by atoms with E-state index < -0.39 is 14.4 Å². The molecule has 0 fully saturated rings. The lowest BCUT2D eigenvalue weighted by atomic mass is 10.0. The van der Waals surface area contributed by atoms with Gasteiger partial charge in [-0.3, -0.25) is 9.79 Å². The molecule has 0 atom stereocenters. The standard InChI is InChI=1S/C18H20IO8P/c1-26-18-5-11(4-13(8-20)15(18)10-22)2-3-12-6-14(9-21)17(7-16(12)19)27-28(23,24)25/h2-7,20-22H,8-10H2,1H3,(H2,23,24,25)/b3-2-. The van der Waals surface area contributed by atoms with Crippen molar-refractivity contribution in [3.8, 4) is 11.5 Å². The van der Waals surface area contributed by atoms with Crippen molar-refractivity contribution in [3.63, 3.8) is 0 Å². The van der Waals surface area contributed by atoms with E-state index in [9.17, 15) is 19.9 Å². The average Bonchev–Trinajstić information content (AvgIpc) is 2.65. The van der Waals surface area contributed by atoms with Crippen molar-refractivity contribution in [2.75, 3.05) is 7.11 Å². The predicted molar refractivity (Wildman–Crippen MR) is 112 cm³/mol. The number of aliphatic hydroxyl groups excluding tert-OH is 3. The molecule has 0 aliphatic carbocycles. The minimum atomic E-state index is -4.74. The monoisotopic (exact) mass is 522 g/mol. The van der Waals surface area contributed by atoms with Gasteiger partial charge in [-0.2, -0.15) is 0 Å². The van der Waals surface area contributed by atoms with E-state index in [1.807, 2.05) is 22.6 Å². The van der Waals surface area contributed by atoms with Gasteiger partial charge in [-0.15, -0.1) is 0 Å². The molecule has 0 unspecified atom stereocenters. The molecule has 0 aliphatic rings. The lowest BCUT2D eigenvalue weighted by Gasteiger charge is -2.13. The Morgan fingerprint density at radius 2 is 1.64 bits per heavy atom. The highest BCUT2D eigenvalue weighted by molar-refractivity contribution is 14.1. The van der Waals surface area contributed by atoms with E-state index in [2.05, 4.69) is 4.52 Å². The Morgan fingerprint density at radius 1 is 0.964 bits per heavy atom. The zero-order valence-electron chi connectivity index (χ0n) is 14.9. The van der Waals surface area contributed by atoms with Gasteiger partial charge in [-0.1, -0.05) is 12.2 Å². The third-order valence-corrected chi connectivity index (χ3v) is 5.26. The Kier molecular flexibility index (Phi) is 8.02. The summed E-state index contributed by atoms with van der Waals surface area (Å²) >= 11 is 1.99. The van der Waals surface area contributed by atoms with Crippen LogP contribution in [0.5, 0.6) is 11.5 Å². The highest BCUT2D eigenvalue weighted by atomic mass is 127. The molecule has 0 heterocycles. The highest BCUT2D eigenvalue weighted by Gasteiger charge is 2.19. The quantitative estimate of drug-likeness (QED) is 0.203. The first-order valence-electron chi connectivity index (χ1n) is 8.00. The fourth-order valence-electron chi connectivity index (χ4n) is 2.59. The van der Waals surface area contributed by atoms with Crippen molar-refractivity contribution < 1.29 is 38.9 Å². The van der Waals surface area contributed by atoms with E-state index in [1.54, 1.807) is 30.4 Å². The number of phosphoric acid groups is 1. The zero-order chi connectivity index (χ0) is 20.9. The van der Waals surface area contributed by atoms with E-state index in [1.165, 1.54) is 13.2 Å². The normalized spacial score (nSPS) is 11.8. The van der Waals surface area contributed by atoms with E-state index in [0.717, 1.165) is 5.56 Å². The molecule has 0 spiro atoms. The summed E-state index contributed by atoms with van der Waals surface area (Å²) in [4.78, 5) is 18.0. The van der Waals surface area contributed by atoms with Gasteiger partial charge in [0.1, 0.15) is 11.5 Å². The van der Waals surface area contributed by atoms with Gasteiger partial charge in [-0.25, -0.2) is 4.57 Å². The number of hydrogen-bond donors (Lipinski definition) is 5. The first kappa shape index (κ1) is 22.8. The number of methoxy groups -OCH3 is 1. The molecule has 0 saturated carbocycles. The maximum Gasteiger partial charge on any atom is 0.524 e. The predicted octanol–water partition coefficient (Wildman–Crippen LogP) is 2.42. The molecule has 0 aromatic heterocycles. The first-order valence-corrected chi connectivity index (χ1v) is 10.6. The van der Waals surface area contributed by atoms with Crippen LogP contribution < -0.4 is 9.26 Å². The minimum absolute atomic E-state index is 0.0890. The molecule has 10 heteroatoms. The van der Waals surface area contributed by atoms with Gasteiger partial charge in [-0.05, 0) is 63.5 Å². The summed E-state index contributed by atoms with van der Waals surface area (Å²) in [5.74, 6) is 0.360. The number of aliphatic hydroxyl groups is 3. The molecule has 0 aliphatic heterocycles. The van der Waals surface area contributed by atoms with Gasteiger partial charge in [0.05, 0.1) is 26.9 Å². The lowest BCUT2D eigenvalue weighted by Crippen LogP contribution is -1.99. The summed E-state index contributed by atoms with van der Waals surface area (Å²) in [6.45, 7) is -0.975. The summed E-state index contributed by atoms with van der Waals surface area (Å²) in [6.07, 6.45) is 3.50. The maximum absolute atomic E-state index is 11.1. The molecule has 0 saturated heterocycles. The Hall–Kier alpha value is -1.46. The molecule has 2 rings (SSSR count). The van der Waals surface area contributed by atoms with Crippen molar-refractivity contribution in [1.29, 1.82) is 0 Å². The van der Waals surface area contributed by atoms with Crippen LogP contribution in [-0.2, 0) is 24.4 Å². The van der Waals surface area contributed by atoms with E-state index >= 15 is 0 Å². The van der Waals surface area contributed by atoms with Crippen LogP contribution in [0, 0.1) is 3.57 Å². The Labute approximate surface area is 175 Å². The van der Waals surface area contributed by atoms with Gasteiger partial charge in [0.15, 0.2) is 0 Å². The third kappa shape index (κ3) is 5.77. The van der Waals surface area contributed by atoms with E-state index in [4.69, 9.17) is 14.5 Å². The Bertz CT molecular complexity index is 897. The van der Waals surface area contributed by atoms with E-state index in [0.29, 0.717) is 26.0 Å². The van der Waals surface area contributed by atoms with Crippen molar-refractivity contribution in [3.05, 3.63) is 55.7 Å². The van der Waals surface area contributed by atoms with Crippen LogP contribution >= 0.6 is 30.4 Å². The molecule has 28 heavy (non-hydrogen) atoms. The SMILES string of the molecule is COc1cc(/C=C\c2cc(CO)c(OP(=O)(O)O)cc2I)cc(CO)c1CO. The number of ether oxygens (including phenoxy) is 1. The number of halogens is 1. The molecule has 2 aromatic carbocycles. The average molecular weight is 522 g/mol. The number of hydrogen-bond acceptors (Lipinski definition) is 6. The topological polar surface area (TPSA) is 137 Å². The maximum atomic E-state index is 11.1. The summed E-state index contributed by atoms with van der Waals surface area (Å²) in [6, 6.07) is 6.43. The number of benzene rings is 2. The van der Waals surface area contributed by atoms with Crippen molar-refractivity contribution in [2.24, 2.45) is 0 Å². The minimum Gasteiger partial charge on any atom is -0.496 e. The molecule has 8 nitrogen and oxygen atoms in total. The van der Waals surface area contributed by atoms with Crippen molar-refractivity contribution in [2.45, 2.75) is 19.8 Å². The Morgan fingerprint density at radius 3 is 2.18 bits per heavy atom. The van der Waals surface area contributed by atoms with Gasteiger partial charge < -0.3 is 24.6 Å². The molecular formula is C18H20IO8P. The van der Waals surface area contributed by atoms with Crippen LogP contribution in [0.3, 0.4) is 0 Å². The van der Waals surface area contributed by atoms with Crippen LogP contribution in [0.25, 0.3) is 12.2 Å². The highest BCUT2D eigenvalue weighted by Crippen LogP contribution is 2.40. The molecular weight excluding hydrogens is 502 g/mol. The summed E-state index contributed by atoms with van der Waals surface area (Å²) in [5.41, 5.74) is 2.69. The van der Waals surface area contributed by atoms with Crippen LogP contribution in [0.2, 0.25) is 0 Å². The summed E-state index contributed by atoms with van der Waals surface area (Å²) in [7, 11) is -3.27. The number of rotatable bonds is 8. The molecule has 0 amide bonds. The number of phosphoric ester groups is 1. The molecule has 5 N–H and O–H groups in total. The van der Waals surface area contributed by atoms with Crippen molar-refractivity contribution in [1.82, 2.24) is 0 Å². The second-order valence-electron chi connectivity index (χ2n) is 5.73. The first-order chi connectivity index (χ1) is 13.2. The Balaban J connectivity index is 2.42. The smallest absolute Gasteiger partial charge is 0.496 e.